The Morgan fingerprint density at radius 1 is 0.862 bits per heavy atom. The summed E-state index contributed by atoms with van der Waals surface area (Å²) in [5, 5.41) is 0.934. The third-order valence-corrected chi connectivity index (χ3v) is 5.01. The van der Waals surface area contributed by atoms with E-state index in [2.05, 4.69) is 0 Å². The highest BCUT2D eigenvalue weighted by Gasteiger charge is 2.26. The van der Waals surface area contributed by atoms with E-state index in [9.17, 15) is 4.79 Å². The van der Waals surface area contributed by atoms with E-state index in [0.717, 1.165) is 39.0 Å². The van der Waals surface area contributed by atoms with Gasteiger partial charge < -0.3 is 9.47 Å². The smallest absolute Gasteiger partial charge is 0.317 e. The summed E-state index contributed by atoms with van der Waals surface area (Å²) in [7, 11) is 3.06. The Kier molecular flexibility index (Phi) is 5.25. The molecule has 144 valence electrons. The van der Waals surface area contributed by atoms with Gasteiger partial charge in [-0.2, -0.15) is 0 Å². The van der Waals surface area contributed by atoms with Crippen molar-refractivity contribution in [3.05, 3.63) is 96.1 Å². The fourth-order valence-corrected chi connectivity index (χ4v) is 3.56. The molecule has 4 heteroatoms. The predicted octanol–water partition coefficient (Wildman–Crippen LogP) is 5.22. The van der Waals surface area contributed by atoms with Gasteiger partial charge >= 0.3 is 5.97 Å². The number of carbonyl (C=O) groups is 1. The van der Waals surface area contributed by atoms with Crippen LogP contribution in [0.2, 0.25) is 0 Å². The van der Waals surface area contributed by atoms with E-state index in [-0.39, 0.29) is 5.97 Å². The second kappa shape index (κ2) is 8.15. The number of fused-ring (bicyclic) bond motifs is 1. The molecule has 0 aliphatic carbocycles. The molecule has 3 aromatic carbocycles. The van der Waals surface area contributed by atoms with Crippen LogP contribution in [0, 0.1) is 0 Å². The molecule has 0 radical (unpaired) electrons. The highest BCUT2D eigenvalue weighted by Crippen LogP contribution is 2.34. The van der Waals surface area contributed by atoms with Crippen LogP contribution in [0.1, 0.15) is 17.0 Å². The number of ether oxygens (including phenoxy) is 2. The van der Waals surface area contributed by atoms with Crippen molar-refractivity contribution in [3.8, 4) is 17.0 Å². The molecule has 0 bridgehead atoms. The van der Waals surface area contributed by atoms with Gasteiger partial charge in [-0.3, -0.25) is 4.79 Å². The molecule has 4 aromatic rings. The van der Waals surface area contributed by atoms with Crippen molar-refractivity contribution in [1.29, 1.82) is 0 Å². The monoisotopic (exact) mass is 383 g/mol. The van der Waals surface area contributed by atoms with Crippen LogP contribution in [0.4, 0.5) is 0 Å². The van der Waals surface area contributed by atoms with Gasteiger partial charge in [0.05, 0.1) is 25.4 Å². The van der Waals surface area contributed by atoms with Crippen LogP contribution in [-0.2, 0) is 9.53 Å². The summed E-state index contributed by atoms with van der Waals surface area (Å²) in [5.41, 5.74) is 4.34. The third kappa shape index (κ3) is 3.69. The van der Waals surface area contributed by atoms with Gasteiger partial charge in [0.2, 0.25) is 0 Å². The minimum absolute atomic E-state index is 0.298. The SMILES string of the molecule is COC(=O)C(c1ccccc1)c1cc(-c2ccc(OC)cc2)nc2ccccc12. The first-order valence-electron chi connectivity index (χ1n) is 9.38. The number of pyridine rings is 1. The number of carbonyl (C=O) groups excluding carboxylic acids is 1. The summed E-state index contributed by atoms with van der Waals surface area (Å²) >= 11 is 0. The Balaban J connectivity index is 1.95. The lowest BCUT2D eigenvalue weighted by molar-refractivity contribution is -0.141. The van der Waals surface area contributed by atoms with Crippen LogP contribution in [-0.4, -0.2) is 25.2 Å². The highest BCUT2D eigenvalue weighted by atomic mass is 16.5. The maximum atomic E-state index is 12.8. The summed E-state index contributed by atoms with van der Waals surface area (Å²) in [6.07, 6.45) is 0. The molecule has 0 spiro atoms. The molecule has 0 saturated carbocycles. The highest BCUT2D eigenvalue weighted by molar-refractivity contribution is 5.93. The molecule has 0 saturated heterocycles. The standard InChI is InChI=1S/C25H21NO3/c1-28-19-14-12-17(13-15-19)23-16-21(20-10-6-7-11-22(20)26-23)24(25(27)29-2)18-8-4-3-5-9-18/h3-16,24H,1-2H3. The first kappa shape index (κ1) is 18.7. The Bertz CT molecular complexity index is 1140. The maximum absolute atomic E-state index is 12.8. The first-order valence-corrected chi connectivity index (χ1v) is 9.38. The van der Waals surface area contributed by atoms with Gasteiger partial charge in [0.25, 0.3) is 0 Å². The van der Waals surface area contributed by atoms with Gasteiger partial charge in [-0.05, 0) is 47.5 Å². The average Bonchev–Trinajstić information content (AvgIpc) is 2.79. The number of nitrogens with zero attached hydrogens (tertiary/aromatic N) is 1. The molecule has 0 N–H and O–H groups in total. The maximum Gasteiger partial charge on any atom is 0.317 e. The molecular formula is C25H21NO3. The average molecular weight is 383 g/mol. The largest absolute Gasteiger partial charge is 0.497 e. The minimum atomic E-state index is -0.536. The minimum Gasteiger partial charge on any atom is -0.497 e. The zero-order valence-corrected chi connectivity index (χ0v) is 16.3. The summed E-state index contributed by atoms with van der Waals surface area (Å²) in [4.78, 5) is 17.7. The summed E-state index contributed by atoms with van der Waals surface area (Å²) < 4.78 is 10.4. The van der Waals surface area contributed by atoms with Crippen molar-refractivity contribution in [2.75, 3.05) is 14.2 Å². The van der Waals surface area contributed by atoms with E-state index >= 15 is 0 Å². The number of hydrogen-bond donors (Lipinski definition) is 0. The molecule has 29 heavy (non-hydrogen) atoms. The fraction of sp³-hybridized carbons (Fsp3) is 0.120. The van der Waals surface area contributed by atoms with Crippen molar-refractivity contribution in [1.82, 2.24) is 4.98 Å². The summed E-state index contributed by atoms with van der Waals surface area (Å²) in [6, 6.07) is 27.3. The molecule has 1 atom stereocenters. The quantitative estimate of drug-likeness (QED) is 0.444. The van der Waals surface area contributed by atoms with Crippen LogP contribution in [0.3, 0.4) is 0 Å². The molecule has 0 aliphatic rings. The molecule has 0 amide bonds. The second-order valence-corrected chi connectivity index (χ2v) is 6.71. The van der Waals surface area contributed by atoms with Gasteiger partial charge in [0.1, 0.15) is 11.7 Å². The molecule has 1 heterocycles. The van der Waals surface area contributed by atoms with E-state index in [1.165, 1.54) is 7.11 Å². The number of rotatable bonds is 5. The van der Waals surface area contributed by atoms with Crippen LogP contribution in [0.25, 0.3) is 22.2 Å². The predicted molar refractivity (Wildman–Crippen MR) is 114 cm³/mol. The van der Waals surface area contributed by atoms with E-state index < -0.39 is 5.92 Å². The number of aromatic nitrogens is 1. The van der Waals surface area contributed by atoms with Gasteiger partial charge in [-0.1, -0.05) is 48.5 Å². The summed E-state index contributed by atoms with van der Waals surface area (Å²) in [6.45, 7) is 0. The Hall–Kier alpha value is -3.66. The van der Waals surface area contributed by atoms with Crippen molar-refractivity contribution in [3.63, 3.8) is 0 Å². The lowest BCUT2D eigenvalue weighted by Gasteiger charge is -2.19. The van der Waals surface area contributed by atoms with Crippen LogP contribution in [0.5, 0.6) is 5.75 Å². The van der Waals surface area contributed by atoms with E-state index in [0.29, 0.717) is 0 Å². The lowest BCUT2D eigenvalue weighted by atomic mass is 9.88. The van der Waals surface area contributed by atoms with Gasteiger partial charge in [-0.15, -0.1) is 0 Å². The normalized spacial score (nSPS) is 11.8. The second-order valence-electron chi connectivity index (χ2n) is 6.71. The van der Waals surface area contributed by atoms with Crippen LogP contribution < -0.4 is 4.74 Å². The van der Waals surface area contributed by atoms with Gasteiger partial charge in [-0.25, -0.2) is 4.98 Å². The van der Waals surface area contributed by atoms with Gasteiger partial charge in [0.15, 0.2) is 0 Å². The van der Waals surface area contributed by atoms with Crippen molar-refractivity contribution >= 4 is 16.9 Å². The Labute approximate surface area is 169 Å². The third-order valence-electron chi connectivity index (χ3n) is 5.01. The van der Waals surface area contributed by atoms with E-state index in [1.807, 2.05) is 84.9 Å². The summed E-state index contributed by atoms with van der Waals surface area (Å²) in [5.74, 6) is -0.0502. The molecule has 4 nitrogen and oxygen atoms in total. The number of benzene rings is 3. The molecule has 4 rings (SSSR count). The molecular weight excluding hydrogens is 362 g/mol. The van der Waals surface area contributed by atoms with Gasteiger partial charge in [0, 0.05) is 10.9 Å². The van der Waals surface area contributed by atoms with E-state index in [4.69, 9.17) is 14.5 Å². The molecule has 0 fully saturated rings. The number of hydrogen-bond acceptors (Lipinski definition) is 4. The van der Waals surface area contributed by atoms with Crippen molar-refractivity contribution in [2.45, 2.75) is 5.92 Å². The lowest BCUT2D eigenvalue weighted by Crippen LogP contribution is -2.16. The zero-order valence-electron chi connectivity index (χ0n) is 16.3. The first-order chi connectivity index (χ1) is 14.2. The number of esters is 1. The molecule has 0 aliphatic heterocycles. The topological polar surface area (TPSA) is 48.4 Å². The Morgan fingerprint density at radius 2 is 1.55 bits per heavy atom. The van der Waals surface area contributed by atoms with Crippen LogP contribution in [0.15, 0.2) is 84.9 Å². The zero-order chi connectivity index (χ0) is 20.2. The van der Waals surface area contributed by atoms with E-state index in [1.54, 1.807) is 7.11 Å². The fourth-order valence-electron chi connectivity index (χ4n) is 3.56. The van der Waals surface area contributed by atoms with Crippen molar-refractivity contribution in [2.24, 2.45) is 0 Å². The van der Waals surface area contributed by atoms with Crippen LogP contribution >= 0.6 is 0 Å². The Morgan fingerprint density at radius 3 is 2.24 bits per heavy atom. The number of methoxy groups -OCH3 is 2. The molecule has 1 aromatic heterocycles. The van der Waals surface area contributed by atoms with Crippen molar-refractivity contribution < 1.29 is 14.3 Å². The molecule has 1 unspecified atom stereocenters. The number of para-hydroxylation sites is 1.